The molecule has 1 aromatic carbocycles. The summed E-state index contributed by atoms with van der Waals surface area (Å²) < 4.78 is 0. The molecule has 0 saturated carbocycles. The van der Waals surface area contributed by atoms with Gasteiger partial charge in [0, 0.05) is 37.9 Å². The first kappa shape index (κ1) is 20.7. The number of pyridine rings is 1. The van der Waals surface area contributed by atoms with Gasteiger partial charge >= 0.3 is 0 Å². The highest BCUT2D eigenvalue weighted by Crippen LogP contribution is 2.13. The molecule has 1 aliphatic heterocycles. The number of benzene rings is 1. The summed E-state index contributed by atoms with van der Waals surface area (Å²) in [7, 11) is 0. The van der Waals surface area contributed by atoms with E-state index in [-0.39, 0.29) is 17.9 Å². The number of aromatic nitrogens is 1. The highest BCUT2D eigenvalue weighted by atomic mass is 16.2. The quantitative estimate of drug-likeness (QED) is 0.710. The Morgan fingerprint density at radius 1 is 1.14 bits per heavy atom. The molecule has 1 aliphatic rings. The van der Waals surface area contributed by atoms with E-state index in [2.05, 4.69) is 20.5 Å². The fraction of sp³-hybridized carbons (Fsp3) is 0.348. The molecule has 1 unspecified atom stereocenters. The lowest BCUT2D eigenvalue weighted by Gasteiger charge is -2.32. The van der Waals surface area contributed by atoms with Crippen molar-refractivity contribution in [3.63, 3.8) is 0 Å². The molecule has 152 valence electrons. The van der Waals surface area contributed by atoms with Gasteiger partial charge in [0.1, 0.15) is 6.04 Å². The number of carbonyl (C=O) groups excluding carboxylic acids is 2. The van der Waals surface area contributed by atoms with Gasteiger partial charge in [-0.3, -0.25) is 19.5 Å². The van der Waals surface area contributed by atoms with E-state index in [1.165, 1.54) is 6.08 Å². The normalized spacial score (nSPS) is 16.4. The fourth-order valence-corrected chi connectivity index (χ4v) is 3.35. The molecule has 0 spiro atoms. The SMILES string of the molecule is CC(NC(=O)/C=C/c1ccccc1)C(=O)NC1CCN(Cc2ccccn2)CC1. The maximum Gasteiger partial charge on any atom is 0.244 e. The van der Waals surface area contributed by atoms with Crippen LogP contribution in [0.4, 0.5) is 0 Å². The number of hydrogen-bond acceptors (Lipinski definition) is 4. The third kappa shape index (κ3) is 6.84. The highest BCUT2D eigenvalue weighted by Gasteiger charge is 2.23. The van der Waals surface area contributed by atoms with Crippen LogP contribution >= 0.6 is 0 Å². The third-order valence-electron chi connectivity index (χ3n) is 5.02. The molecule has 6 nitrogen and oxygen atoms in total. The van der Waals surface area contributed by atoms with Crippen molar-refractivity contribution in [1.29, 1.82) is 0 Å². The number of likely N-dealkylation sites (tertiary alicyclic amines) is 1. The second kappa shape index (κ2) is 10.5. The Hall–Kier alpha value is -2.99. The second-order valence-corrected chi connectivity index (χ2v) is 7.35. The van der Waals surface area contributed by atoms with E-state index in [1.54, 1.807) is 13.0 Å². The van der Waals surface area contributed by atoms with Crippen LogP contribution in [-0.4, -0.2) is 46.9 Å². The van der Waals surface area contributed by atoms with E-state index in [4.69, 9.17) is 0 Å². The van der Waals surface area contributed by atoms with Gasteiger partial charge in [0.25, 0.3) is 0 Å². The Morgan fingerprint density at radius 2 is 1.86 bits per heavy atom. The van der Waals surface area contributed by atoms with Gasteiger partial charge in [0.05, 0.1) is 5.69 Å². The van der Waals surface area contributed by atoms with E-state index in [0.29, 0.717) is 0 Å². The van der Waals surface area contributed by atoms with Gasteiger partial charge in [-0.25, -0.2) is 0 Å². The van der Waals surface area contributed by atoms with Crippen molar-refractivity contribution >= 4 is 17.9 Å². The van der Waals surface area contributed by atoms with Crippen molar-refractivity contribution in [1.82, 2.24) is 20.5 Å². The van der Waals surface area contributed by atoms with Crippen LogP contribution in [0.15, 0.2) is 60.8 Å². The lowest BCUT2D eigenvalue weighted by atomic mass is 10.0. The first-order valence-corrected chi connectivity index (χ1v) is 10.1. The van der Waals surface area contributed by atoms with Crippen LogP contribution in [0.2, 0.25) is 0 Å². The van der Waals surface area contributed by atoms with Crippen LogP contribution in [0.3, 0.4) is 0 Å². The molecule has 0 radical (unpaired) electrons. The van der Waals surface area contributed by atoms with Crippen LogP contribution < -0.4 is 10.6 Å². The fourth-order valence-electron chi connectivity index (χ4n) is 3.35. The zero-order valence-electron chi connectivity index (χ0n) is 16.8. The molecule has 2 amide bonds. The molecule has 2 aromatic rings. The van der Waals surface area contributed by atoms with Crippen molar-refractivity contribution in [3.05, 3.63) is 72.1 Å². The van der Waals surface area contributed by atoms with E-state index in [1.807, 2.05) is 54.7 Å². The summed E-state index contributed by atoms with van der Waals surface area (Å²) in [5.74, 6) is -0.420. The predicted octanol–water partition coefficient (Wildman–Crippen LogP) is 2.38. The average Bonchev–Trinajstić information content (AvgIpc) is 2.75. The first-order chi connectivity index (χ1) is 14.1. The van der Waals surface area contributed by atoms with E-state index in [9.17, 15) is 9.59 Å². The molecule has 1 fully saturated rings. The number of rotatable bonds is 7. The van der Waals surface area contributed by atoms with Crippen LogP contribution in [0.1, 0.15) is 31.0 Å². The molecule has 1 atom stereocenters. The Kier molecular flexibility index (Phi) is 7.53. The number of amides is 2. The number of nitrogens with zero attached hydrogens (tertiary/aromatic N) is 2. The lowest BCUT2D eigenvalue weighted by molar-refractivity contribution is -0.127. The number of piperidine rings is 1. The largest absolute Gasteiger partial charge is 0.351 e. The minimum absolute atomic E-state index is 0.140. The molecule has 3 rings (SSSR count). The van der Waals surface area contributed by atoms with E-state index < -0.39 is 6.04 Å². The summed E-state index contributed by atoms with van der Waals surface area (Å²) in [4.78, 5) is 31.2. The molecular formula is C23H28N4O2. The molecule has 1 aromatic heterocycles. The van der Waals surface area contributed by atoms with Gasteiger partial charge in [-0.15, -0.1) is 0 Å². The monoisotopic (exact) mass is 392 g/mol. The number of carbonyl (C=O) groups is 2. The third-order valence-corrected chi connectivity index (χ3v) is 5.02. The molecule has 1 saturated heterocycles. The van der Waals surface area contributed by atoms with Crippen LogP contribution in [0.5, 0.6) is 0 Å². The Bertz CT molecular complexity index is 815. The Labute approximate surface area is 172 Å². The Morgan fingerprint density at radius 3 is 2.55 bits per heavy atom. The van der Waals surface area contributed by atoms with E-state index >= 15 is 0 Å². The zero-order chi connectivity index (χ0) is 20.5. The molecule has 6 heteroatoms. The van der Waals surface area contributed by atoms with Gasteiger partial charge in [-0.1, -0.05) is 36.4 Å². The van der Waals surface area contributed by atoms with Gasteiger partial charge in [0.2, 0.25) is 11.8 Å². The summed E-state index contributed by atoms with van der Waals surface area (Å²) in [6, 6.07) is 15.1. The maximum atomic E-state index is 12.4. The molecule has 29 heavy (non-hydrogen) atoms. The predicted molar refractivity (Wildman–Crippen MR) is 114 cm³/mol. The van der Waals surface area contributed by atoms with Crippen LogP contribution in [0, 0.1) is 0 Å². The van der Waals surface area contributed by atoms with Crippen LogP contribution in [-0.2, 0) is 16.1 Å². The van der Waals surface area contributed by atoms with Gasteiger partial charge < -0.3 is 10.6 Å². The van der Waals surface area contributed by atoms with Gasteiger partial charge in [-0.2, -0.15) is 0 Å². The standard InChI is InChI=1S/C23H28N4O2/c1-18(25-22(28)11-10-19-7-3-2-4-8-19)23(29)26-20-12-15-27(16-13-20)17-21-9-5-6-14-24-21/h2-11,14,18,20H,12-13,15-17H2,1H3,(H,25,28)(H,26,29)/b11-10+. The first-order valence-electron chi connectivity index (χ1n) is 10.1. The van der Waals surface area contributed by atoms with Gasteiger partial charge in [-0.05, 0) is 43.5 Å². The van der Waals surface area contributed by atoms with E-state index in [0.717, 1.165) is 43.7 Å². The molecule has 2 heterocycles. The number of hydrogen-bond donors (Lipinski definition) is 2. The van der Waals surface area contributed by atoms with Crippen LogP contribution in [0.25, 0.3) is 6.08 Å². The lowest BCUT2D eigenvalue weighted by Crippen LogP contribution is -2.50. The summed E-state index contributed by atoms with van der Waals surface area (Å²) in [5, 5.41) is 5.79. The molecule has 2 N–H and O–H groups in total. The smallest absolute Gasteiger partial charge is 0.244 e. The van der Waals surface area contributed by atoms with Crippen molar-refractivity contribution in [3.8, 4) is 0 Å². The van der Waals surface area contributed by atoms with Crippen molar-refractivity contribution < 1.29 is 9.59 Å². The number of nitrogens with one attached hydrogen (secondary N) is 2. The van der Waals surface area contributed by atoms with Crippen molar-refractivity contribution in [2.45, 2.75) is 38.4 Å². The molecule has 0 aliphatic carbocycles. The Balaban J connectivity index is 1.38. The summed E-state index contributed by atoms with van der Waals surface area (Å²) >= 11 is 0. The summed E-state index contributed by atoms with van der Waals surface area (Å²) in [6.45, 7) is 4.38. The topological polar surface area (TPSA) is 74.3 Å². The minimum atomic E-state index is -0.575. The second-order valence-electron chi connectivity index (χ2n) is 7.35. The zero-order valence-corrected chi connectivity index (χ0v) is 16.8. The highest BCUT2D eigenvalue weighted by molar-refractivity contribution is 5.95. The maximum absolute atomic E-state index is 12.4. The van der Waals surface area contributed by atoms with Gasteiger partial charge in [0.15, 0.2) is 0 Å². The van der Waals surface area contributed by atoms with Crippen molar-refractivity contribution in [2.24, 2.45) is 0 Å². The average molecular weight is 393 g/mol. The summed E-state index contributed by atoms with van der Waals surface area (Å²) in [6.07, 6.45) is 6.79. The minimum Gasteiger partial charge on any atom is -0.351 e. The van der Waals surface area contributed by atoms with Crippen molar-refractivity contribution in [2.75, 3.05) is 13.1 Å². The molecular weight excluding hydrogens is 364 g/mol. The summed E-state index contributed by atoms with van der Waals surface area (Å²) in [5.41, 5.74) is 2.01. The molecule has 0 bridgehead atoms.